The number of hydrogen-bond acceptors (Lipinski definition) is 2. The summed E-state index contributed by atoms with van der Waals surface area (Å²) in [6.07, 6.45) is 4.19. The fourth-order valence-corrected chi connectivity index (χ4v) is 3.56. The van der Waals surface area contributed by atoms with Crippen molar-refractivity contribution in [2.75, 3.05) is 7.11 Å². The van der Waals surface area contributed by atoms with E-state index in [0.717, 1.165) is 47.8 Å². The van der Waals surface area contributed by atoms with E-state index in [1.54, 1.807) is 7.11 Å². The first-order valence-electron chi connectivity index (χ1n) is 9.46. The minimum atomic E-state index is 0.901. The molecule has 26 heavy (non-hydrogen) atoms. The minimum absolute atomic E-state index is 0.901. The van der Waals surface area contributed by atoms with Crippen molar-refractivity contribution in [1.29, 1.82) is 0 Å². The number of aromatic nitrogens is 2. The smallest absolute Gasteiger partial charge is 0.141 e. The van der Waals surface area contributed by atoms with Crippen LogP contribution in [-0.4, -0.2) is 16.7 Å². The van der Waals surface area contributed by atoms with Gasteiger partial charge in [-0.05, 0) is 61.6 Å². The van der Waals surface area contributed by atoms with Crippen LogP contribution in [0.25, 0.3) is 22.6 Å². The zero-order chi connectivity index (χ0) is 18.7. The lowest BCUT2D eigenvalue weighted by molar-refractivity contribution is 0.412. The van der Waals surface area contributed by atoms with Gasteiger partial charge in [-0.1, -0.05) is 32.0 Å². The maximum atomic E-state index is 5.39. The van der Waals surface area contributed by atoms with Crippen molar-refractivity contribution in [1.82, 2.24) is 9.55 Å². The predicted octanol–water partition coefficient (Wildman–Crippen LogP) is 5.68. The maximum Gasteiger partial charge on any atom is 0.141 e. The number of benzene rings is 2. The van der Waals surface area contributed by atoms with Crippen molar-refractivity contribution in [3.8, 4) is 28.4 Å². The molecule has 0 fully saturated rings. The second-order valence-corrected chi connectivity index (χ2v) is 6.58. The Morgan fingerprint density at radius 2 is 1.69 bits per heavy atom. The highest BCUT2D eigenvalue weighted by Gasteiger charge is 2.17. The van der Waals surface area contributed by atoms with Crippen molar-refractivity contribution in [2.45, 2.75) is 47.1 Å². The summed E-state index contributed by atoms with van der Waals surface area (Å²) in [6, 6.07) is 12.9. The Balaban J connectivity index is 2.16. The van der Waals surface area contributed by atoms with Gasteiger partial charge in [0.05, 0.1) is 12.8 Å². The van der Waals surface area contributed by atoms with E-state index in [1.807, 2.05) is 6.07 Å². The van der Waals surface area contributed by atoms with E-state index in [1.165, 1.54) is 16.7 Å². The van der Waals surface area contributed by atoms with Gasteiger partial charge < -0.3 is 9.30 Å². The molecule has 0 amide bonds. The molecule has 0 aliphatic rings. The highest BCUT2D eigenvalue weighted by molar-refractivity contribution is 5.70. The molecular formula is C23H28N2O. The van der Waals surface area contributed by atoms with Crippen molar-refractivity contribution >= 4 is 0 Å². The van der Waals surface area contributed by atoms with Crippen molar-refractivity contribution < 1.29 is 4.74 Å². The van der Waals surface area contributed by atoms with E-state index in [2.05, 4.69) is 68.8 Å². The standard InChI is InChI=1S/C23H28N2O/c1-6-17-10-9-11-18(7-2)22(17)23-24-20(15-25(23)8-3)19-12-13-21(26-5)16(4)14-19/h9-15H,6-8H2,1-5H3. The van der Waals surface area contributed by atoms with E-state index in [-0.39, 0.29) is 0 Å². The largest absolute Gasteiger partial charge is 0.496 e. The van der Waals surface area contributed by atoms with Crippen LogP contribution in [0, 0.1) is 6.92 Å². The maximum absolute atomic E-state index is 5.39. The van der Waals surface area contributed by atoms with Gasteiger partial charge in [0.2, 0.25) is 0 Å². The fourth-order valence-electron chi connectivity index (χ4n) is 3.56. The van der Waals surface area contributed by atoms with Crippen LogP contribution in [0.15, 0.2) is 42.6 Å². The molecule has 0 bridgehead atoms. The highest BCUT2D eigenvalue weighted by Crippen LogP contribution is 2.32. The number of imidazole rings is 1. The van der Waals surface area contributed by atoms with Crippen LogP contribution in [-0.2, 0) is 19.4 Å². The number of hydrogen-bond donors (Lipinski definition) is 0. The molecule has 0 radical (unpaired) electrons. The molecule has 3 rings (SSSR count). The van der Waals surface area contributed by atoms with Gasteiger partial charge in [0, 0.05) is 23.9 Å². The normalized spacial score (nSPS) is 11.0. The summed E-state index contributed by atoms with van der Waals surface area (Å²) in [5, 5.41) is 0. The number of methoxy groups -OCH3 is 1. The van der Waals surface area contributed by atoms with Gasteiger partial charge >= 0.3 is 0 Å². The van der Waals surface area contributed by atoms with Crippen LogP contribution in [0.1, 0.15) is 37.5 Å². The summed E-state index contributed by atoms with van der Waals surface area (Å²) >= 11 is 0. The molecule has 2 aromatic carbocycles. The lowest BCUT2D eigenvalue weighted by Gasteiger charge is -2.13. The fraction of sp³-hybridized carbons (Fsp3) is 0.348. The molecule has 0 aliphatic carbocycles. The van der Waals surface area contributed by atoms with E-state index in [9.17, 15) is 0 Å². The first kappa shape index (κ1) is 18.2. The van der Waals surface area contributed by atoms with Gasteiger partial charge in [-0.25, -0.2) is 4.98 Å². The van der Waals surface area contributed by atoms with Gasteiger partial charge in [0.15, 0.2) is 0 Å². The minimum Gasteiger partial charge on any atom is -0.496 e. The first-order chi connectivity index (χ1) is 12.6. The molecule has 0 N–H and O–H groups in total. The zero-order valence-electron chi connectivity index (χ0n) is 16.5. The van der Waals surface area contributed by atoms with Crippen LogP contribution >= 0.6 is 0 Å². The zero-order valence-corrected chi connectivity index (χ0v) is 16.5. The molecule has 136 valence electrons. The Morgan fingerprint density at radius 1 is 1.00 bits per heavy atom. The topological polar surface area (TPSA) is 27.1 Å². The molecule has 0 unspecified atom stereocenters. The molecule has 3 aromatic rings. The Bertz CT molecular complexity index is 886. The SMILES string of the molecule is CCc1cccc(CC)c1-c1nc(-c2ccc(OC)c(C)c2)cn1CC. The first-order valence-corrected chi connectivity index (χ1v) is 9.46. The molecule has 3 heteroatoms. The molecule has 0 aliphatic heterocycles. The molecule has 3 nitrogen and oxygen atoms in total. The van der Waals surface area contributed by atoms with Gasteiger partial charge in [0.1, 0.15) is 11.6 Å². The van der Waals surface area contributed by atoms with E-state index < -0.39 is 0 Å². The highest BCUT2D eigenvalue weighted by atomic mass is 16.5. The van der Waals surface area contributed by atoms with Crippen LogP contribution in [0.5, 0.6) is 5.75 Å². The van der Waals surface area contributed by atoms with Crippen LogP contribution in [0.3, 0.4) is 0 Å². The summed E-state index contributed by atoms with van der Waals surface area (Å²) in [4.78, 5) is 5.06. The van der Waals surface area contributed by atoms with Gasteiger partial charge in [-0.3, -0.25) is 0 Å². The van der Waals surface area contributed by atoms with Crippen LogP contribution in [0.2, 0.25) is 0 Å². The van der Waals surface area contributed by atoms with Crippen LogP contribution < -0.4 is 4.74 Å². The summed E-state index contributed by atoms with van der Waals surface area (Å²) in [6.45, 7) is 9.57. The number of rotatable bonds is 6. The third-order valence-corrected chi connectivity index (χ3v) is 5.03. The van der Waals surface area contributed by atoms with Crippen molar-refractivity contribution in [3.63, 3.8) is 0 Å². The lowest BCUT2D eigenvalue weighted by atomic mass is 9.97. The summed E-state index contributed by atoms with van der Waals surface area (Å²) in [7, 11) is 1.71. The molecule has 1 aromatic heterocycles. The lowest BCUT2D eigenvalue weighted by Crippen LogP contribution is -2.02. The quantitative estimate of drug-likeness (QED) is 0.573. The summed E-state index contributed by atoms with van der Waals surface area (Å²) < 4.78 is 7.66. The molecule has 1 heterocycles. The van der Waals surface area contributed by atoms with Gasteiger partial charge in [0.25, 0.3) is 0 Å². The predicted molar refractivity (Wildman–Crippen MR) is 109 cm³/mol. The Kier molecular flexibility index (Phi) is 5.46. The van der Waals surface area contributed by atoms with Gasteiger partial charge in [-0.2, -0.15) is 0 Å². The Hall–Kier alpha value is -2.55. The molecule has 0 spiro atoms. The second kappa shape index (κ2) is 7.77. The average molecular weight is 348 g/mol. The Morgan fingerprint density at radius 3 is 2.23 bits per heavy atom. The van der Waals surface area contributed by atoms with E-state index >= 15 is 0 Å². The molecular weight excluding hydrogens is 320 g/mol. The molecule has 0 atom stereocenters. The number of aryl methyl sites for hydroxylation is 4. The third-order valence-electron chi connectivity index (χ3n) is 5.03. The third kappa shape index (κ3) is 3.26. The van der Waals surface area contributed by atoms with Crippen molar-refractivity contribution in [3.05, 3.63) is 59.3 Å². The number of nitrogens with zero attached hydrogens (tertiary/aromatic N) is 2. The summed E-state index contributed by atoms with van der Waals surface area (Å²) in [5.41, 5.74) is 7.30. The Labute approximate surface area is 156 Å². The molecule has 0 saturated heterocycles. The molecule has 0 saturated carbocycles. The van der Waals surface area contributed by atoms with E-state index in [4.69, 9.17) is 9.72 Å². The average Bonchev–Trinajstić information content (AvgIpc) is 3.11. The van der Waals surface area contributed by atoms with Gasteiger partial charge in [-0.15, -0.1) is 0 Å². The summed E-state index contributed by atoms with van der Waals surface area (Å²) in [5.74, 6) is 1.98. The monoisotopic (exact) mass is 348 g/mol. The van der Waals surface area contributed by atoms with E-state index in [0.29, 0.717) is 0 Å². The second-order valence-electron chi connectivity index (χ2n) is 6.58. The number of ether oxygens (including phenoxy) is 1. The van der Waals surface area contributed by atoms with Crippen molar-refractivity contribution in [2.24, 2.45) is 0 Å². The van der Waals surface area contributed by atoms with Crippen LogP contribution in [0.4, 0.5) is 0 Å².